The molecule has 3 atom stereocenters. The quantitative estimate of drug-likeness (QED) is 0.0197. The fourth-order valence-electron chi connectivity index (χ4n) is 7.69. The maximum Gasteiger partial charge on any atom is 0.472 e. The van der Waals surface area contributed by atoms with E-state index in [1.807, 2.05) is 0 Å². The van der Waals surface area contributed by atoms with E-state index in [4.69, 9.17) is 23.3 Å². The molecule has 2 N–H and O–H groups in total. The number of carbonyl (C=O) groups excluding carboxylic acids is 3. The van der Waals surface area contributed by atoms with Crippen LogP contribution in [0.3, 0.4) is 0 Å². The minimum Gasteiger partial charge on any atom is -0.462 e. The van der Waals surface area contributed by atoms with E-state index in [2.05, 4.69) is 45.1 Å². The molecule has 0 aromatic carbocycles. The van der Waals surface area contributed by atoms with Crippen molar-refractivity contribution in [2.24, 2.45) is 0 Å². The van der Waals surface area contributed by atoms with Crippen molar-refractivity contribution >= 4 is 25.7 Å². The lowest BCUT2D eigenvalue weighted by molar-refractivity contribution is -0.161. The van der Waals surface area contributed by atoms with Crippen LogP contribution < -0.4 is 0 Å². The number of unbranched alkanes of at least 4 members (excludes halogenated alkanes) is 30. The third kappa shape index (κ3) is 47.0. The van der Waals surface area contributed by atoms with Crippen molar-refractivity contribution < 1.29 is 52.2 Å². The molecule has 0 aliphatic rings. The van der Waals surface area contributed by atoms with Gasteiger partial charge in [0.15, 0.2) is 6.10 Å². The number of carbonyl (C=O) groups is 3. The lowest BCUT2D eigenvalue weighted by Crippen LogP contribution is -2.30. The monoisotopic (exact) mass is 957 g/mol. The van der Waals surface area contributed by atoms with Gasteiger partial charge in [0, 0.05) is 19.3 Å². The summed E-state index contributed by atoms with van der Waals surface area (Å²) in [4.78, 5) is 48.3. The molecular formula is C54H101O11P. The van der Waals surface area contributed by atoms with E-state index in [1.54, 1.807) is 0 Å². The maximum absolute atomic E-state index is 12.8. The van der Waals surface area contributed by atoms with Gasteiger partial charge in [-0.3, -0.25) is 23.4 Å². The van der Waals surface area contributed by atoms with Gasteiger partial charge in [-0.1, -0.05) is 225 Å². The average molecular weight is 957 g/mol. The topological polar surface area (TPSA) is 155 Å². The van der Waals surface area contributed by atoms with E-state index in [9.17, 15) is 28.9 Å². The van der Waals surface area contributed by atoms with Crippen LogP contribution in [0.5, 0.6) is 0 Å². The second-order valence-electron chi connectivity index (χ2n) is 18.4. The summed E-state index contributed by atoms with van der Waals surface area (Å²) >= 11 is 0. The molecule has 0 bridgehead atoms. The Labute approximate surface area is 404 Å². The van der Waals surface area contributed by atoms with Crippen LogP contribution in [-0.2, 0) is 42.2 Å². The van der Waals surface area contributed by atoms with Gasteiger partial charge in [-0.2, -0.15) is 0 Å². The standard InChI is InChI=1S/C54H101O11P/c1-4-7-10-13-16-19-22-24-25-27-29-31-34-37-40-43-52(56)61-47-51(65-54(58)45-42-39-36-33-30-26-23-20-17-14-11-8-5-2)49-63-66(59,60)62-48-50(46-55)64-53(57)44-41-38-35-32-28-21-18-15-12-9-6-3/h11,14,20,23,50-51,55H,4-10,12-13,15-19,21-22,24-49H2,1-3H3,(H,59,60)/b14-11-,23-20-. The van der Waals surface area contributed by atoms with Crippen LogP contribution in [0.2, 0.25) is 0 Å². The molecule has 0 radical (unpaired) electrons. The average Bonchev–Trinajstić information content (AvgIpc) is 3.30. The molecule has 11 nitrogen and oxygen atoms in total. The number of allylic oxidation sites excluding steroid dienone is 4. The summed E-state index contributed by atoms with van der Waals surface area (Å²) < 4.78 is 39.4. The molecule has 0 aromatic heterocycles. The highest BCUT2D eigenvalue weighted by molar-refractivity contribution is 7.47. The fraction of sp³-hybridized carbons (Fsp3) is 0.870. The minimum atomic E-state index is -4.74. The molecule has 66 heavy (non-hydrogen) atoms. The second kappa shape index (κ2) is 49.4. The van der Waals surface area contributed by atoms with Crippen LogP contribution >= 0.6 is 7.82 Å². The number of phosphoric acid groups is 1. The zero-order chi connectivity index (χ0) is 48.4. The minimum absolute atomic E-state index is 0.156. The molecule has 0 spiro atoms. The third-order valence-electron chi connectivity index (χ3n) is 11.9. The van der Waals surface area contributed by atoms with Gasteiger partial charge in [0.25, 0.3) is 0 Å². The molecule has 0 saturated heterocycles. The Morgan fingerprint density at radius 3 is 1.18 bits per heavy atom. The van der Waals surface area contributed by atoms with E-state index >= 15 is 0 Å². The Balaban J connectivity index is 4.71. The zero-order valence-corrected chi connectivity index (χ0v) is 43.6. The van der Waals surface area contributed by atoms with E-state index in [0.29, 0.717) is 19.3 Å². The predicted molar refractivity (Wildman–Crippen MR) is 270 cm³/mol. The summed E-state index contributed by atoms with van der Waals surface area (Å²) in [6, 6.07) is 0. The Morgan fingerprint density at radius 2 is 0.773 bits per heavy atom. The lowest BCUT2D eigenvalue weighted by Gasteiger charge is -2.21. The number of aliphatic hydroxyl groups is 1. The Hall–Kier alpha value is -2.04. The number of aliphatic hydroxyl groups excluding tert-OH is 1. The second-order valence-corrected chi connectivity index (χ2v) is 19.9. The van der Waals surface area contributed by atoms with Crippen molar-refractivity contribution in [2.45, 2.75) is 277 Å². The van der Waals surface area contributed by atoms with Gasteiger partial charge in [-0.25, -0.2) is 4.57 Å². The first-order valence-electron chi connectivity index (χ1n) is 27.2. The van der Waals surface area contributed by atoms with E-state index in [1.165, 1.54) is 122 Å². The summed E-state index contributed by atoms with van der Waals surface area (Å²) in [5.74, 6) is -1.46. The number of rotatable bonds is 51. The van der Waals surface area contributed by atoms with Gasteiger partial charge >= 0.3 is 25.7 Å². The summed E-state index contributed by atoms with van der Waals surface area (Å²) in [6.45, 7) is 4.58. The summed E-state index contributed by atoms with van der Waals surface area (Å²) in [5, 5.41) is 9.77. The number of hydrogen-bond acceptors (Lipinski definition) is 10. The molecule has 0 amide bonds. The van der Waals surface area contributed by atoms with Crippen molar-refractivity contribution in [2.75, 3.05) is 26.4 Å². The van der Waals surface area contributed by atoms with Crippen molar-refractivity contribution in [3.05, 3.63) is 24.3 Å². The van der Waals surface area contributed by atoms with Gasteiger partial charge < -0.3 is 24.2 Å². The lowest BCUT2D eigenvalue weighted by atomic mass is 10.0. The molecule has 0 fully saturated rings. The van der Waals surface area contributed by atoms with Crippen LogP contribution in [0.1, 0.15) is 265 Å². The highest BCUT2D eigenvalue weighted by Gasteiger charge is 2.28. The van der Waals surface area contributed by atoms with E-state index in [0.717, 1.165) is 83.5 Å². The van der Waals surface area contributed by atoms with Gasteiger partial charge in [-0.15, -0.1) is 0 Å². The number of hydrogen-bond donors (Lipinski definition) is 2. The first-order valence-corrected chi connectivity index (χ1v) is 28.7. The molecule has 0 aliphatic heterocycles. The van der Waals surface area contributed by atoms with Gasteiger partial charge in [0.05, 0.1) is 19.8 Å². The Kier molecular flexibility index (Phi) is 47.9. The van der Waals surface area contributed by atoms with Crippen LogP contribution in [0.25, 0.3) is 0 Å². The van der Waals surface area contributed by atoms with Crippen molar-refractivity contribution in [3.8, 4) is 0 Å². The van der Waals surface area contributed by atoms with Crippen LogP contribution in [-0.4, -0.2) is 66.5 Å². The van der Waals surface area contributed by atoms with Gasteiger partial charge in [0.1, 0.15) is 12.7 Å². The molecule has 0 heterocycles. The normalized spacial score (nSPS) is 13.6. The first kappa shape index (κ1) is 64.0. The summed E-state index contributed by atoms with van der Waals surface area (Å²) in [6.07, 6.45) is 47.1. The highest BCUT2D eigenvalue weighted by Crippen LogP contribution is 2.43. The SMILES string of the molecule is CCC/C=C\C/C=C\CCCCCCCC(=O)OC(COC(=O)CCCCCCCCCCCCCCCCC)COP(=O)(O)OCC(CO)OC(=O)CCCCCCCCCCCCC. The van der Waals surface area contributed by atoms with Crippen LogP contribution in [0.4, 0.5) is 0 Å². The predicted octanol–water partition coefficient (Wildman–Crippen LogP) is 15.5. The first-order chi connectivity index (χ1) is 32.2. The molecule has 388 valence electrons. The number of esters is 3. The Bertz CT molecular complexity index is 1210. The van der Waals surface area contributed by atoms with Crippen LogP contribution in [0, 0.1) is 0 Å². The van der Waals surface area contributed by atoms with Crippen LogP contribution in [0.15, 0.2) is 24.3 Å². The van der Waals surface area contributed by atoms with Gasteiger partial charge in [0.2, 0.25) is 0 Å². The molecular weight excluding hydrogens is 856 g/mol. The molecule has 0 rings (SSSR count). The van der Waals surface area contributed by atoms with Crippen molar-refractivity contribution in [3.63, 3.8) is 0 Å². The van der Waals surface area contributed by atoms with Gasteiger partial charge in [-0.05, 0) is 44.9 Å². The summed E-state index contributed by atoms with van der Waals surface area (Å²) in [7, 11) is -4.74. The number of phosphoric ester groups is 1. The smallest absolute Gasteiger partial charge is 0.462 e. The maximum atomic E-state index is 12.8. The summed E-state index contributed by atoms with van der Waals surface area (Å²) in [5.41, 5.74) is 0. The molecule has 0 aliphatic carbocycles. The fourth-order valence-corrected chi connectivity index (χ4v) is 8.47. The van der Waals surface area contributed by atoms with E-state index < -0.39 is 57.8 Å². The van der Waals surface area contributed by atoms with Crippen molar-refractivity contribution in [1.82, 2.24) is 0 Å². The molecule has 12 heteroatoms. The molecule has 0 aromatic rings. The zero-order valence-electron chi connectivity index (χ0n) is 42.7. The van der Waals surface area contributed by atoms with Crippen molar-refractivity contribution in [1.29, 1.82) is 0 Å². The molecule has 3 unspecified atom stereocenters. The Morgan fingerprint density at radius 1 is 0.424 bits per heavy atom. The van der Waals surface area contributed by atoms with E-state index in [-0.39, 0.29) is 25.9 Å². The molecule has 0 saturated carbocycles. The largest absolute Gasteiger partial charge is 0.472 e. The highest BCUT2D eigenvalue weighted by atomic mass is 31.2. The number of ether oxygens (including phenoxy) is 3. The third-order valence-corrected chi connectivity index (χ3v) is 12.8.